The lowest BCUT2D eigenvalue weighted by molar-refractivity contribution is -0.911. The van der Waals surface area contributed by atoms with Gasteiger partial charge in [-0.25, -0.2) is 4.98 Å². The smallest absolute Gasteiger partial charge is 0.277 e. The average Bonchev–Trinajstić information content (AvgIpc) is 3.26. The van der Waals surface area contributed by atoms with Gasteiger partial charge in [-0.3, -0.25) is 9.36 Å². The van der Waals surface area contributed by atoms with E-state index in [0.29, 0.717) is 35.1 Å². The fourth-order valence-corrected chi connectivity index (χ4v) is 4.16. The Bertz CT molecular complexity index is 1010. The van der Waals surface area contributed by atoms with Gasteiger partial charge in [0.05, 0.1) is 45.7 Å². The highest BCUT2D eigenvalue weighted by atomic mass is 16.5. The quantitative estimate of drug-likeness (QED) is 0.713. The molecule has 2 N–H and O–H groups in total. The van der Waals surface area contributed by atoms with Gasteiger partial charge in [0, 0.05) is 24.3 Å². The van der Waals surface area contributed by atoms with Crippen molar-refractivity contribution in [3.05, 3.63) is 28.8 Å². The number of benzene rings is 1. The van der Waals surface area contributed by atoms with E-state index in [0.717, 1.165) is 23.9 Å². The lowest BCUT2D eigenvalue weighted by Crippen LogP contribution is -3.13. The second-order valence-corrected chi connectivity index (χ2v) is 6.90. The molecule has 3 heterocycles. The standard InChI is InChI=1S/C19H24N4O3/c1-4-22-7-5-6-12(22)10-23-11-20-17-13-8-15(25-2)16(26-3)9-14(13)21-18(17)19(23)24/h8-9,11-12,21H,4-7,10H2,1-3H3/p+1/t12-/m1/s1. The molecule has 3 aromatic rings. The number of quaternary nitrogens is 1. The number of nitrogens with one attached hydrogen (secondary N) is 2. The monoisotopic (exact) mass is 357 g/mol. The van der Waals surface area contributed by atoms with Crippen molar-refractivity contribution in [3.63, 3.8) is 0 Å². The first-order valence-electron chi connectivity index (χ1n) is 9.13. The first kappa shape index (κ1) is 16.9. The summed E-state index contributed by atoms with van der Waals surface area (Å²) in [6, 6.07) is 4.20. The molecule has 7 heteroatoms. The normalized spacial score (nSPS) is 20.1. The van der Waals surface area contributed by atoms with E-state index >= 15 is 0 Å². The zero-order valence-corrected chi connectivity index (χ0v) is 15.5. The molecule has 1 aliphatic rings. The minimum atomic E-state index is -0.0218. The van der Waals surface area contributed by atoms with Gasteiger partial charge in [-0.1, -0.05) is 0 Å². The molecule has 1 saturated heterocycles. The summed E-state index contributed by atoms with van der Waals surface area (Å²) in [5, 5.41) is 0.864. The number of hydrogen-bond donors (Lipinski definition) is 2. The number of rotatable bonds is 5. The Balaban J connectivity index is 1.80. The van der Waals surface area contributed by atoms with Gasteiger partial charge in [-0.15, -0.1) is 0 Å². The summed E-state index contributed by atoms with van der Waals surface area (Å²) >= 11 is 0. The van der Waals surface area contributed by atoms with Crippen molar-refractivity contribution < 1.29 is 14.4 Å². The molecule has 1 aliphatic heterocycles. The maximum absolute atomic E-state index is 13.0. The van der Waals surface area contributed by atoms with Gasteiger partial charge in [0.1, 0.15) is 17.1 Å². The van der Waals surface area contributed by atoms with Crippen LogP contribution in [0.15, 0.2) is 23.3 Å². The van der Waals surface area contributed by atoms with E-state index in [9.17, 15) is 4.79 Å². The third kappa shape index (κ3) is 2.63. The van der Waals surface area contributed by atoms with Crippen molar-refractivity contribution in [3.8, 4) is 11.5 Å². The number of aromatic amines is 1. The number of fused-ring (bicyclic) bond motifs is 3. The minimum absolute atomic E-state index is 0.0218. The Morgan fingerprint density at radius 2 is 2.08 bits per heavy atom. The summed E-state index contributed by atoms with van der Waals surface area (Å²) in [7, 11) is 3.20. The van der Waals surface area contributed by atoms with Gasteiger partial charge in [0.2, 0.25) is 0 Å². The first-order chi connectivity index (χ1) is 12.7. The van der Waals surface area contributed by atoms with Crippen LogP contribution in [0.3, 0.4) is 0 Å². The number of likely N-dealkylation sites (tertiary alicyclic amines) is 1. The predicted molar refractivity (Wildman–Crippen MR) is 100 cm³/mol. The molecule has 1 aromatic carbocycles. The van der Waals surface area contributed by atoms with Crippen LogP contribution < -0.4 is 19.9 Å². The predicted octanol–water partition coefficient (Wildman–Crippen LogP) is 0.962. The van der Waals surface area contributed by atoms with Crippen molar-refractivity contribution in [1.29, 1.82) is 0 Å². The van der Waals surface area contributed by atoms with E-state index in [-0.39, 0.29) is 5.56 Å². The third-order valence-corrected chi connectivity index (χ3v) is 5.58. The molecule has 2 atom stereocenters. The first-order valence-corrected chi connectivity index (χ1v) is 9.13. The summed E-state index contributed by atoms with van der Waals surface area (Å²) in [5.74, 6) is 1.25. The molecule has 7 nitrogen and oxygen atoms in total. The van der Waals surface area contributed by atoms with Crippen LogP contribution in [-0.2, 0) is 6.54 Å². The lowest BCUT2D eigenvalue weighted by atomic mass is 10.2. The Labute approximate surface area is 151 Å². The van der Waals surface area contributed by atoms with Crippen molar-refractivity contribution in [2.75, 3.05) is 27.3 Å². The van der Waals surface area contributed by atoms with E-state index < -0.39 is 0 Å². The van der Waals surface area contributed by atoms with Crippen LogP contribution in [0, 0.1) is 0 Å². The molecular formula is C19H25N4O3+. The highest BCUT2D eigenvalue weighted by molar-refractivity contribution is 6.05. The largest absolute Gasteiger partial charge is 0.493 e. The molecule has 26 heavy (non-hydrogen) atoms. The summed E-state index contributed by atoms with van der Waals surface area (Å²) in [4.78, 5) is 22.4. The molecule has 2 aromatic heterocycles. The fraction of sp³-hybridized carbons (Fsp3) is 0.474. The van der Waals surface area contributed by atoms with Gasteiger partial charge in [-0.2, -0.15) is 0 Å². The highest BCUT2D eigenvalue weighted by Gasteiger charge is 2.28. The van der Waals surface area contributed by atoms with Crippen LogP contribution in [-0.4, -0.2) is 47.9 Å². The number of methoxy groups -OCH3 is 2. The minimum Gasteiger partial charge on any atom is -0.493 e. The Hall–Kier alpha value is -2.54. The van der Waals surface area contributed by atoms with E-state index in [1.807, 2.05) is 12.1 Å². The molecule has 0 radical (unpaired) electrons. The highest BCUT2D eigenvalue weighted by Crippen LogP contribution is 2.34. The maximum atomic E-state index is 13.0. The molecule has 1 unspecified atom stereocenters. The van der Waals surface area contributed by atoms with Crippen LogP contribution in [0.4, 0.5) is 0 Å². The van der Waals surface area contributed by atoms with Gasteiger partial charge >= 0.3 is 0 Å². The van der Waals surface area contributed by atoms with Crippen LogP contribution in [0.1, 0.15) is 19.8 Å². The summed E-state index contributed by atoms with van der Waals surface area (Å²) < 4.78 is 12.5. The number of likely N-dealkylation sites (N-methyl/N-ethyl adjacent to an activating group) is 1. The lowest BCUT2D eigenvalue weighted by Gasteiger charge is -2.20. The molecule has 138 valence electrons. The SMILES string of the molecule is CC[NH+]1CCC[C@@H]1Cn1cnc2c([nH]c3cc(OC)c(OC)cc32)c1=O. The summed E-state index contributed by atoms with van der Waals surface area (Å²) in [6.45, 7) is 5.21. The Morgan fingerprint density at radius 1 is 1.31 bits per heavy atom. The van der Waals surface area contributed by atoms with Gasteiger partial charge < -0.3 is 19.4 Å². The van der Waals surface area contributed by atoms with Gasteiger partial charge in [-0.05, 0) is 13.0 Å². The second kappa shape index (κ2) is 6.64. The molecule has 0 aliphatic carbocycles. The molecule has 0 bridgehead atoms. The molecule has 1 fully saturated rings. The Kier molecular flexibility index (Phi) is 4.32. The second-order valence-electron chi connectivity index (χ2n) is 6.90. The Morgan fingerprint density at radius 3 is 2.81 bits per heavy atom. The van der Waals surface area contributed by atoms with Crippen LogP contribution in [0.5, 0.6) is 11.5 Å². The van der Waals surface area contributed by atoms with E-state index in [1.165, 1.54) is 13.0 Å². The van der Waals surface area contributed by atoms with Gasteiger partial charge in [0.15, 0.2) is 11.5 Å². The van der Waals surface area contributed by atoms with Crippen LogP contribution in [0.25, 0.3) is 21.9 Å². The number of nitrogens with zero attached hydrogens (tertiary/aromatic N) is 2. The average molecular weight is 357 g/mol. The maximum Gasteiger partial charge on any atom is 0.277 e. The van der Waals surface area contributed by atoms with Crippen molar-refractivity contribution >= 4 is 21.9 Å². The molecular weight excluding hydrogens is 332 g/mol. The van der Waals surface area contributed by atoms with Crippen LogP contribution >= 0.6 is 0 Å². The summed E-state index contributed by atoms with van der Waals surface area (Å²) in [5.41, 5.74) is 2.01. The van der Waals surface area contributed by atoms with E-state index in [2.05, 4.69) is 16.9 Å². The van der Waals surface area contributed by atoms with E-state index in [4.69, 9.17) is 9.47 Å². The molecule has 0 saturated carbocycles. The zero-order chi connectivity index (χ0) is 18.3. The topological polar surface area (TPSA) is 73.6 Å². The van der Waals surface area contributed by atoms with Gasteiger partial charge in [0.25, 0.3) is 5.56 Å². The fourth-order valence-electron chi connectivity index (χ4n) is 4.16. The molecule has 0 spiro atoms. The third-order valence-electron chi connectivity index (χ3n) is 5.58. The number of ether oxygens (including phenoxy) is 2. The summed E-state index contributed by atoms with van der Waals surface area (Å²) in [6.07, 6.45) is 4.07. The van der Waals surface area contributed by atoms with Crippen molar-refractivity contribution in [1.82, 2.24) is 14.5 Å². The molecule has 4 rings (SSSR count). The van der Waals surface area contributed by atoms with Crippen LogP contribution in [0.2, 0.25) is 0 Å². The number of H-pyrrole nitrogens is 1. The van der Waals surface area contributed by atoms with Crippen molar-refractivity contribution in [2.45, 2.75) is 32.4 Å². The van der Waals surface area contributed by atoms with E-state index in [1.54, 1.807) is 30.0 Å². The van der Waals surface area contributed by atoms with Crippen molar-refractivity contribution in [2.24, 2.45) is 0 Å². The number of aromatic nitrogens is 3. The number of hydrogen-bond acceptors (Lipinski definition) is 4. The molecule has 0 amide bonds. The zero-order valence-electron chi connectivity index (χ0n) is 15.5.